The van der Waals surface area contributed by atoms with Gasteiger partial charge in [0.05, 0.1) is 5.92 Å². The van der Waals surface area contributed by atoms with Crippen LogP contribution in [0.4, 0.5) is 0 Å². The first-order valence-corrected chi connectivity index (χ1v) is 6.06. The van der Waals surface area contributed by atoms with Gasteiger partial charge < -0.3 is 10.6 Å². The van der Waals surface area contributed by atoms with E-state index in [0.717, 1.165) is 19.3 Å². The van der Waals surface area contributed by atoms with Crippen molar-refractivity contribution in [1.29, 1.82) is 0 Å². The van der Waals surface area contributed by atoms with Crippen LogP contribution in [0.5, 0.6) is 0 Å². The van der Waals surface area contributed by atoms with E-state index < -0.39 is 0 Å². The summed E-state index contributed by atoms with van der Waals surface area (Å²) >= 11 is 0. The minimum Gasteiger partial charge on any atom is -0.334 e. The Morgan fingerprint density at radius 1 is 1.50 bits per heavy atom. The molecule has 0 aromatic carbocycles. The van der Waals surface area contributed by atoms with E-state index in [2.05, 4.69) is 27.4 Å². The molecular formula is C13H24N2O. The number of carbonyl (C=O) groups excluding carboxylic acids is 1. The van der Waals surface area contributed by atoms with Crippen LogP contribution in [-0.2, 0) is 4.79 Å². The molecule has 0 aromatic rings. The molecule has 1 aliphatic rings. The number of amides is 1. The Balaban J connectivity index is 2.78. The lowest BCUT2D eigenvalue weighted by atomic mass is 9.98. The van der Waals surface area contributed by atoms with Gasteiger partial charge in [-0.2, -0.15) is 0 Å². The minimum atomic E-state index is -0.159. The molecule has 0 radical (unpaired) electrons. The highest BCUT2D eigenvalue weighted by Crippen LogP contribution is 2.28. The number of rotatable bonds is 3. The largest absolute Gasteiger partial charge is 0.334 e. The zero-order valence-electron chi connectivity index (χ0n) is 10.7. The number of carbonyl (C=O) groups is 1. The number of nitrogens with two attached hydrogens (primary N) is 1. The summed E-state index contributed by atoms with van der Waals surface area (Å²) in [6, 6.07) is 0.0437. The summed E-state index contributed by atoms with van der Waals surface area (Å²) in [6.07, 6.45) is 4.76. The third-order valence-electron chi connectivity index (χ3n) is 3.27. The molecule has 0 aliphatic heterocycles. The number of hydrogen-bond acceptors (Lipinski definition) is 2. The molecule has 1 aliphatic carbocycles. The Kier molecular flexibility index (Phi) is 4.14. The Morgan fingerprint density at radius 2 is 2.12 bits per heavy atom. The molecule has 0 saturated heterocycles. The molecule has 0 bridgehead atoms. The van der Waals surface area contributed by atoms with Crippen LogP contribution in [0.15, 0.2) is 12.7 Å². The highest BCUT2D eigenvalue weighted by Gasteiger charge is 2.36. The van der Waals surface area contributed by atoms with E-state index >= 15 is 0 Å². The molecule has 2 unspecified atom stereocenters. The van der Waals surface area contributed by atoms with Gasteiger partial charge in [0.25, 0.3) is 0 Å². The van der Waals surface area contributed by atoms with Gasteiger partial charge in [-0.05, 0) is 33.6 Å². The van der Waals surface area contributed by atoms with Crippen molar-refractivity contribution in [2.75, 3.05) is 6.54 Å². The van der Waals surface area contributed by atoms with E-state index in [9.17, 15) is 4.79 Å². The van der Waals surface area contributed by atoms with Crippen LogP contribution in [0.1, 0.15) is 40.0 Å². The van der Waals surface area contributed by atoms with Crippen molar-refractivity contribution in [3.8, 4) is 0 Å². The van der Waals surface area contributed by atoms with Crippen LogP contribution in [0.25, 0.3) is 0 Å². The molecule has 0 aromatic heterocycles. The van der Waals surface area contributed by atoms with E-state index in [1.165, 1.54) is 0 Å². The van der Waals surface area contributed by atoms with Gasteiger partial charge >= 0.3 is 0 Å². The minimum absolute atomic E-state index is 0.0131. The van der Waals surface area contributed by atoms with E-state index in [-0.39, 0.29) is 23.4 Å². The van der Waals surface area contributed by atoms with Crippen molar-refractivity contribution in [3.05, 3.63) is 12.7 Å². The lowest BCUT2D eigenvalue weighted by Crippen LogP contribution is -2.50. The highest BCUT2D eigenvalue weighted by molar-refractivity contribution is 5.80. The fourth-order valence-corrected chi connectivity index (χ4v) is 2.32. The lowest BCUT2D eigenvalue weighted by molar-refractivity contribution is -0.139. The summed E-state index contributed by atoms with van der Waals surface area (Å²) < 4.78 is 0. The monoisotopic (exact) mass is 224 g/mol. The van der Waals surface area contributed by atoms with Gasteiger partial charge in [0.1, 0.15) is 0 Å². The second-order valence-corrected chi connectivity index (χ2v) is 5.61. The van der Waals surface area contributed by atoms with Crippen molar-refractivity contribution in [3.63, 3.8) is 0 Å². The first-order valence-electron chi connectivity index (χ1n) is 6.06. The van der Waals surface area contributed by atoms with Crippen LogP contribution in [0.2, 0.25) is 0 Å². The fourth-order valence-electron chi connectivity index (χ4n) is 2.32. The molecular weight excluding hydrogens is 200 g/mol. The first kappa shape index (κ1) is 13.2. The van der Waals surface area contributed by atoms with Crippen molar-refractivity contribution < 1.29 is 4.79 Å². The van der Waals surface area contributed by atoms with Crippen molar-refractivity contribution in [2.45, 2.75) is 51.6 Å². The molecule has 3 nitrogen and oxygen atoms in total. The summed E-state index contributed by atoms with van der Waals surface area (Å²) in [6.45, 7) is 10.5. The van der Waals surface area contributed by atoms with Crippen LogP contribution in [-0.4, -0.2) is 28.9 Å². The van der Waals surface area contributed by atoms with Crippen molar-refractivity contribution >= 4 is 5.91 Å². The van der Waals surface area contributed by atoms with Crippen LogP contribution in [0.3, 0.4) is 0 Å². The Bertz CT molecular complexity index is 268. The van der Waals surface area contributed by atoms with Gasteiger partial charge in [0.15, 0.2) is 0 Å². The molecule has 92 valence electrons. The average Bonchev–Trinajstić information content (AvgIpc) is 2.58. The average molecular weight is 224 g/mol. The molecule has 2 N–H and O–H groups in total. The molecule has 1 fully saturated rings. The Hall–Kier alpha value is -0.830. The second kappa shape index (κ2) is 5.00. The molecule has 0 spiro atoms. The zero-order chi connectivity index (χ0) is 12.3. The van der Waals surface area contributed by atoms with Crippen LogP contribution >= 0.6 is 0 Å². The van der Waals surface area contributed by atoms with Crippen LogP contribution < -0.4 is 5.73 Å². The summed E-state index contributed by atoms with van der Waals surface area (Å²) in [5.41, 5.74) is 5.82. The van der Waals surface area contributed by atoms with Gasteiger partial charge in [-0.1, -0.05) is 12.5 Å². The molecule has 3 heteroatoms. The predicted octanol–water partition coefficient (Wildman–Crippen LogP) is 1.93. The first-order chi connectivity index (χ1) is 7.38. The van der Waals surface area contributed by atoms with Crippen molar-refractivity contribution in [1.82, 2.24) is 4.90 Å². The molecule has 0 heterocycles. The fraction of sp³-hybridized carbons (Fsp3) is 0.769. The maximum atomic E-state index is 12.4. The predicted molar refractivity (Wildman–Crippen MR) is 67.0 cm³/mol. The molecule has 1 saturated carbocycles. The van der Waals surface area contributed by atoms with E-state index in [0.29, 0.717) is 6.54 Å². The zero-order valence-corrected chi connectivity index (χ0v) is 10.7. The van der Waals surface area contributed by atoms with Gasteiger partial charge in [0, 0.05) is 18.1 Å². The SMILES string of the molecule is C=CCN(C(=O)C1CCCC1N)C(C)(C)C. The van der Waals surface area contributed by atoms with Gasteiger partial charge in [-0.15, -0.1) is 6.58 Å². The maximum absolute atomic E-state index is 12.4. The van der Waals surface area contributed by atoms with E-state index in [4.69, 9.17) is 5.73 Å². The second-order valence-electron chi connectivity index (χ2n) is 5.61. The normalized spacial score (nSPS) is 25.5. The number of nitrogens with zero attached hydrogens (tertiary/aromatic N) is 1. The summed E-state index contributed by atoms with van der Waals surface area (Å²) in [5.74, 6) is 0.205. The van der Waals surface area contributed by atoms with Gasteiger partial charge in [-0.3, -0.25) is 4.79 Å². The van der Waals surface area contributed by atoms with Crippen LogP contribution in [0, 0.1) is 5.92 Å². The third-order valence-corrected chi connectivity index (χ3v) is 3.27. The molecule has 16 heavy (non-hydrogen) atoms. The molecule has 1 amide bonds. The standard InChI is InChI=1S/C13H24N2O/c1-5-9-15(13(2,3)4)12(16)10-7-6-8-11(10)14/h5,10-11H,1,6-9,14H2,2-4H3. The molecule has 1 rings (SSSR count). The Labute approximate surface area is 98.7 Å². The summed E-state index contributed by atoms with van der Waals surface area (Å²) in [7, 11) is 0. The topological polar surface area (TPSA) is 46.3 Å². The molecule has 2 atom stereocenters. The quantitative estimate of drug-likeness (QED) is 0.745. The van der Waals surface area contributed by atoms with Gasteiger partial charge in [0.2, 0.25) is 5.91 Å². The van der Waals surface area contributed by atoms with E-state index in [1.807, 2.05) is 4.90 Å². The smallest absolute Gasteiger partial charge is 0.227 e. The maximum Gasteiger partial charge on any atom is 0.227 e. The Morgan fingerprint density at radius 3 is 2.50 bits per heavy atom. The third kappa shape index (κ3) is 2.85. The summed E-state index contributed by atoms with van der Waals surface area (Å²) in [4.78, 5) is 14.3. The summed E-state index contributed by atoms with van der Waals surface area (Å²) in [5, 5.41) is 0. The number of hydrogen-bond donors (Lipinski definition) is 1. The highest BCUT2D eigenvalue weighted by atomic mass is 16.2. The van der Waals surface area contributed by atoms with E-state index in [1.54, 1.807) is 6.08 Å². The van der Waals surface area contributed by atoms with Crippen molar-refractivity contribution in [2.24, 2.45) is 11.7 Å². The van der Waals surface area contributed by atoms with Gasteiger partial charge in [-0.25, -0.2) is 0 Å². The lowest BCUT2D eigenvalue weighted by Gasteiger charge is -2.37.